The predicted octanol–water partition coefficient (Wildman–Crippen LogP) is 3.43. The van der Waals surface area contributed by atoms with Gasteiger partial charge in [0, 0.05) is 5.92 Å². The second-order valence-electron chi connectivity index (χ2n) is 5.13. The van der Waals surface area contributed by atoms with Crippen LogP contribution in [0.3, 0.4) is 0 Å². The molecule has 0 heterocycles. The van der Waals surface area contributed by atoms with Gasteiger partial charge in [-0.05, 0) is 30.9 Å². The quantitative estimate of drug-likeness (QED) is 0.841. The molecular weight excluding hydrogens is 228 g/mol. The van der Waals surface area contributed by atoms with Crippen molar-refractivity contribution in [3.8, 4) is 5.75 Å². The number of ether oxygens (including phenoxy) is 1. The maximum Gasteiger partial charge on any atom is 0.303 e. The Morgan fingerprint density at radius 1 is 1.28 bits per heavy atom. The van der Waals surface area contributed by atoms with Gasteiger partial charge in [0.15, 0.2) is 0 Å². The Balaban J connectivity index is 2.70. The molecule has 0 saturated heterocycles. The number of hydrogen-bond acceptors (Lipinski definition) is 2. The first-order valence-corrected chi connectivity index (χ1v) is 6.32. The second-order valence-corrected chi connectivity index (χ2v) is 5.13. The summed E-state index contributed by atoms with van der Waals surface area (Å²) in [6, 6.07) is 6.00. The number of para-hydroxylation sites is 1. The Kier molecular flexibility index (Phi) is 5.20. The summed E-state index contributed by atoms with van der Waals surface area (Å²) in [5.41, 5.74) is 2.18. The zero-order valence-corrected chi connectivity index (χ0v) is 11.6. The third-order valence-electron chi connectivity index (χ3n) is 3.23. The summed E-state index contributed by atoms with van der Waals surface area (Å²) in [4.78, 5) is 10.8. The molecule has 0 amide bonds. The minimum Gasteiger partial charge on any atom is -0.493 e. The zero-order chi connectivity index (χ0) is 13.7. The molecule has 3 heteroatoms. The summed E-state index contributed by atoms with van der Waals surface area (Å²) >= 11 is 0. The monoisotopic (exact) mass is 250 g/mol. The molecule has 0 aliphatic carbocycles. The number of aryl methyl sites for hydroxylation is 2. The third kappa shape index (κ3) is 4.06. The van der Waals surface area contributed by atoms with Gasteiger partial charge in [0.05, 0.1) is 13.0 Å². The summed E-state index contributed by atoms with van der Waals surface area (Å²) in [6.45, 7) is 8.52. The van der Waals surface area contributed by atoms with Crippen molar-refractivity contribution < 1.29 is 14.6 Å². The molecule has 3 nitrogen and oxygen atoms in total. The number of carbonyl (C=O) groups is 1. The van der Waals surface area contributed by atoms with Crippen LogP contribution in [0.1, 0.15) is 31.4 Å². The fourth-order valence-electron chi connectivity index (χ4n) is 1.93. The van der Waals surface area contributed by atoms with Crippen LogP contribution in [-0.2, 0) is 4.79 Å². The molecular formula is C15H22O3. The number of benzene rings is 1. The van der Waals surface area contributed by atoms with E-state index in [1.165, 1.54) is 0 Å². The number of carboxylic acid groups (broad SMARTS) is 1. The second kappa shape index (κ2) is 6.43. The van der Waals surface area contributed by atoms with E-state index < -0.39 is 5.97 Å². The van der Waals surface area contributed by atoms with Crippen molar-refractivity contribution in [2.75, 3.05) is 6.61 Å². The molecule has 18 heavy (non-hydrogen) atoms. The third-order valence-corrected chi connectivity index (χ3v) is 3.23. The molecule has 0 aromatic heterocycles. The van der Waals surface area contributed by atoms with Gasteiger partial charge in [-0.2, -0.15) is 0 Å². The standard InChI is InChI=1S/C15H22O3/c1-10(2)13(8-14(16)17)9-18-15-11(3)6-5-7-12(15)4/h5-7,10,13H,8-9H2,1-4H3,(H,16,17). The minimum absolute atomic E-state index is 0.0431. The van der Waals surface area contributed by atoms with E-state index in [1.807, 2.05) is 45.9 Å². The first-order chi connectivity index (χ1) is 8.41. The molecule has 0 fully saturated rings. The Labute approximate surface area is 109 Å². The van der Waals surface area contributed by atoms with Crippen molar-refractivity contribution in [1.29, 1.82) is 0 Å². The molecule has 1 aromatic carbocycles. The van der Waals surface area contributed by atoms with E-state index >= 15 is 0 Å². The average Bonchev–Trinajstić information content (AvgIpc) is 2.26. The molecule has 0 saturated carbocycles. The maximum atomic E-state index is 10.8. The van der Waals surface area contributed by atoms with E-state index in [9.17, 15) is 4.79 Å². The van der Waals surface area contributed by atoms with Crippen LogP contribution in [0.4, 0.5) is 0 Å². The molecule has 0 aliphatic rings. The average molecular weight is 250 g/mol. The molecule has 1 rings (SSSR count). The van der Waals surface area contributed by atoms with Gasteiger partial charge in [0.2, 0.25) is 0 Å². The highest BCUT2D eigenvalue weighted by Crippen LogP contribution is 2.24. The smallest absolute Gasteiger partial charge is 0.303 e. The zero-order valence-electron chi connectivity index (χ0n) is 11.6. The normalized spacial score (nSPS) is 12.5. The van der Waals surface area contributed by atoms with Crippen LogP contribution in [0.25, 0.3) is 0 Å². The van der Waals surface area contributed by atoms with Gasteiger partial charge in [-0.1, -0.05) is 32.0 Å². The first kappa shape index (κ1) is 14.6. The van der Waals surface area contributed by atoms with Crippen molar-refractivity contribution in [2.45, 2.75) is 34.1 Å². The number of hydrogen-bond donors (Lipinski definition) is 1. The lowest BCUT2D eigenvalue weighted by Crippen LogP contribution is -2.21. The van der Waals surface area contributed by atoms with Crippen molar-refractivity contribution in [2.24, 2.45) is 11.8 Å². The molecule has 1 unspecified atom stereocenters. The van der Waals surface area contributed by atoms with Crippen molar-refractivity contribution in [3.05, 3.63) is 29.3 Å². The highest BCUT2D eigenvalue weighted by molar-refractivity contribution is 5.67. The lowest BCUT2D eigenvalue weighted by atomic mass is 9.93. The molecule has 1 aromatic rings. The van der Waals surface area contributed by atoms with Gasteiger partial charge in [0.1, 0.15) is 5.75 Å². The number of aliphatic carboxylic acids is 1. The van der Waals surface area contributed by atoms with Gasteiger partial charge < -0.3 is 9.84 Å². The van der Waals surface area contributed by atoms with Crippen LogP contribution in [-0.4, -0.2) is 17.7 Å². The molecule has 0 spiro atoms. The van der Waals surface area contributed by atoms with E-state index in [-0.39, 0.29) is 12.3 Å². The Morgan fingerprint density at radius 2 is 1.83 bits per heavy atom. The maximum absolute atomic E-state index is 10.8. The lowest BCUT2D eigenvalue weighted by Gasteiger charge is -2.21. The molecule has 1 N–H and O–H groups in total. The predicted molar refractivity (Wildman–Crippen MR) is 72.0 cm³/mol. The van der Waals surface area contributed by atoms with Crippen molar-refractivity contribution in [3.63, 3.8) is 0 Å². The molecule has 100 valence electrons. The summed E-state index contributed by atoms with van der Waals surface area (Å²) in [7, 11) is 0. The first-order valence-electron chi connectivity index (χ1n) is 6.32. The summed E-state index contributed by atoms with van der Waals surface area (Å²) < 4.78 is 5.83. The van der Waals surface area contributed by atoms with E-state index in [1.54, 1.807) is 0 Å². The van der Waals surface area contributed by atoms with Gasteiger partial charge in [0.25, 0.3) is 0 Å². The lowest BCUT2D eigenvalue weighted by molar-refractivity contribution is -0.138. The molecule has 0 radical (unpaired) electrons. The van der Waals surface area contributed by atoms with Gasteiger partial charge >= 0.3 is 5.97 Å². The van der Waals surface area contributed by atoms with E-state index in [2.05, 4.69) is 0 Å². The largest absolute Gasteiger partial charge is 0.493 e. The van der Waals surface area contributed by atoms with Crippen molar-refractivity contribution in [1.82, 2.24) is 0 Å². The minimum atomic E-state index is -0.765. The van der Waals surface area contributed by atoms with Gasteiger partial charge in [-0.3, -0.25) is 4.79 Å². The van der Waals surface area contributed by atoms with Crippen LogP contribution in [0.5, 0.6) is 5.75 Å². The van der Waals surface area contributed by atoms with E-state index in [0.29, 0.717) is 12.5 Å². The SMILES string of the molecule is Cc1cccc(C)c1OCC(CC(=O)O)C(C)C. The summed E-state index contributed by atoms with van der Waals surface area (Å²) in [6.07, 6.45) is 0.155. The van der Waals surface area contributed by atoms with Gasteiger partial charge in [-0.15, -0.1) is 0 Å². The van der Waals surface area contributed by atoms with Crippen LogP contribution >= 0.6 is 0 Å². The highest BCUT2D eigenvalue weighted by Gasteiger charge is 2.18. The van der Waals surface area contributed by atoms with Gasteiger partial charge in [-0.25, -0.2) is 0 Å². The number of rotatable bonds is 6. The Morgan fingerprint density at radius 3 is 2.28 bits per heavy atom. The van der Waals surface area contributed by atoms with Crippen LogP contribution in [0, 0.1) is 25.7 Å². The number of carboxylic acids is 1. The Hall–Kier alpha value is -1.51. The van der Waals surface area contributed by atoms with E-state index in [0.717, 1.165) is 16.9 Å². The van der Waals surface area contributed by atoms with Crippen LogP contribution in [0.2, 0.25) is 0 Å². The summed E-state index contributed by atoms with van der Waals surface area (Å²) in [5, 5.41) is 8.88. The molecule has 0 aliphatic heterocycles. The topological polar surface area (TPSA) is 46.5 Å². The summed E-state index contributed by atoms with van der Waals surface area (Å²) in [5.74, 6) is 0.458. The molecule has 0 bridgehead atoms. The van der Waals surface area contributed by atoms with Crippen LogP contribution < -0.4 is 4.74 Å². The Bertz CT molecular complexity index is 390. The molecule has 1 atom stereocenters. The fourth-order valence-corrected chi connectivity index (χ4v) is 1.93. The van der Waals surface area contributed by atoms with Crippen molar-refractivity contribution >= 4 is 5.97 Å². The van der Waals surface area contributed by atoms with E-state index in [4.69, 9.17) is 9.84 Å². The van der Waals surface area contributed by atoms with Crippen LogP contribution in [0.15, 0.2) is 18.2 Å². The fraction of sp³-hybridized carbons (Fsp3) is 0.533. The highest BCUT2D eigenvalue weighted by atomic mass is 16.5.